The van der Waals surface area contributed by atoms with E-state index in [2.05, 4.69) is 6.92 Å². The Hall–Kier alpha value is -1.49. The van der Waals surface area contributed by atoms with Crippen molar-refractivity contribution < 1.29 is 14.7 Å². The van der Waals surface area contributed by atoms with E-state index in [0.29, 0.717) is 11.3 Å². The summed E-state index contributed by atoms with van der Waals surface area (Å²) < 4.78 is 0. The zero-order valence-electron chi connectivity index (χ0n) is 11.0. The molecule has 1 fully saturated rings. The van der Waals surface area contributed by atoms with Crippen molar-refractivity contribution in [2.24, 2.45) is 0 Å². The first-order chi connectivity index (χ1) is 9.04. The molecule has 1 aromatic carbocycles. The Bertz CT molecular complexity index is 486. The molecule has 19 heavy (non-hydrogen) atoms. The van der Waals surface area contributed by atoms with Gasteiger partial charge >= 0.3 is 5.97 Å². The minimum absolute atomic E-state index is 0.0977. The van der Waals surface area contributed by atoms with Crippen LogP contribution in [-0.4, -0.2) is 39.1 Å². The number of benzene rings is 1. The molecule has 1 aromatic rings. The van der Waals surface area contributed by atoms with E-state index in [4.69, 9.17) is 0 Å². The molecule has 2 rings (SSSR count). The van der Waals surface area contributed by atoms with Crippen LogP contribution < -0.4 is 0 Å². The first kappa shape index (κ1) is 13.9. The van der Waals surface area contributed by atoms with Crippen molar-refractivity contribution >= 4 is 23.6 Å². The quantitative estimate of drug-likeness (QED) is 0.922. The molecule has 0 aromatic heterocycles. The van der Waals surface area contributed by atoms with Crippen molar-refractivity contribution in [3.8, 4) is 0 Å². The normalized spacial score (nSPS) is 22.5. The van der Waals surface area contributed by atoms with E-state index in [-0.39, 0.29) is 11.3 Å². The van der Waals surface area contributed by atoms with Gasteiger partial charge in [-0.3, -0.25) is 4.79 Å². The summed E-state index contributed by atoms with van der Waals surface area (Å²) >= 11 is 1.50. The van der Waals surface area contributed by atoms with Gasteiger partial charge in [0.2, 0.25) is 0 Å². The molecule has 5 heteroatoms. The zero-order chi connectivity index (χ0) is 14.0. The molecule has 2 atom stereocenters. The van der Waals surface area contributed by atoms with Crippen LogP contribution in [0.4, 0.5) is 0 Å². The lowest BCUT2D eigenvalue weighted by atomic mass is 10.1. The third-order valence-electron chi connectivity index (χ3n) is 3.35. The van der Waals surface area contributed by atoms with E-state index in [1.165, 1.54) is 16.7 Å². The Morgan fingerprint density at radius 3 is 2.53 bits per heavy atom. The number of nitrogens with zero attached hydrogens (tertiary/aromatic N) is 1. The van der Waals surface area contributed by atoms with Crippen LogP contribution in [0.2, 0.25) is 0 Å². The number of aliphatic carboxylic acids is 1. The number of rotatable bonds is 3. The van der Waals surface area contributed by atoms with E-state index in [1.807, 2.05) is 19.1 Å². The zero-order valence-corrected chi connectivity index (χ0v) is 11.8. The standard InChI is InChI=1S/C14H17NO3S/c1-3-10-4-6-11(7-5-10)13(16)15-9(2)19-8-12(15)14(17)18/h4-7,9,12H,3,8H2,1-2H3,(H,17,18). The van der Waals surface area contributed by atoms with Crippen LogP contribution in [0.1, 0.15) is 29.8 Å². The Morgan fingerprint density at radius 2 is 2.00 bits per heavy atom. The summed E-state index contributed by atoms with van der Waals surface area (Å²) in [5.41, 5.74) is 1.72. The second-order valence-corrected chi connectivity index (χ2v) is 5.90. The van der Waals surface area contributed by atoms with Gasteiger partial charge in [-0.1, -0.05) is 19.1 Å². The van der Waals surface area contributed by atoms with E-state index in [0.717, 1.165) is 12.0 Å². The largest absolute Gasteiger partial charge is 0.480 e. The van der Waals surface area contributed by atoms with Gasteiger partial charge in [-0.2, -0.15) is 0 Å². The number of thioether (sulfide) groups is 1. The SMILES string of the molecule is CCc1ccc(C(=O)N2C(C)SCC2C(=O)O)cc1. The molecule has 1 amide bonds. The maximum absolute atomic E-state index is 12.4. The van der Waals surface area contributed by atoms with Crippen molar-refractivity contribution in [2.45, 2.75) is 31.7 Å². The van der Waals surface area contributed by atoms with Gasteiger partial charge in [0.05, 0.1) is 5.37 Å². The highest BCUT2D eigenvalue weighted by Gasteiger charge is 2.39. The lowest BCUT2D eigenvalue weighted by Gasteiger charge is -2.25. The van der Waals surface area contributed by atoms with Gasteiger partial charge in [-0.25, -0.2) is 4.79 Å². The molecule has 1 aliphatic rings. The van der Waals surface area contributed by atoms with Crippen molar-refractivity contribution in [3.05, 3.63) is 35.4 Å². The highest BCUT2D eigenvalue weighted by atomic mass is 32.2. The molecule has 4 nitrogen and oxygen atoms in total. The number of carbonyl (C=O) groups is 2. The molecule has 1 N–H and O–H groups in total. The molecular formula is C14H17NO3S. The van der Waals surface area contributed by atoms with Gasteiger partial charge in [-0.15, -0.1) is 11.8 Å². The van der Waals surface area contributed by atoms with Gasteiger partial charge in [0, 0.05) is 11.3 Å². The van der Waals surface area contributed by atoms with E-state index < -0.39 is 12.0 Å². The maximum Gasteiger partial charge on any atom is 0.327 e. The number of carboxylic acid groups (broad SMARTS) is 1. The Morgan fingerprint density at radius 1 is 1.37 bits per heavy atom. The predicted molar refractivity (Wildman–Crippen MR) is 75.3 cm³/mol. The molecule has 1 saturated heterocycles. The summed E-state index contributed by atoms with van der Waals surface area (Å²) in [7, 11) is 0. The topological polar surface area (TPSA) is 57.6 Å². The third kappa shape index (κ3) is 2.76. The van der Waals surface area contributed by atoms with E-state index >= 15 is 0 Å². The average molecular weight is 279 g/mol. The van der Waals surface area contributed by atoms with Crippen molar-refractivity contribution in [1.82, 2.24) is 4.90 Å². The summed E-state index contributed by atoms with van der Waals surface area (Å²) in [5.74, 6) is -0.683. The Kier molecular flexibility index (Phi) is 4.14. The molecule has 0 saturated carbocycles. The predicted octanol–water partition coefficient (Wildman–Crippen LogP) is 2.24. The first-order valence-electron chi connectivity index (χ1n) is 6.30. The molecule has 2 unspecified atom stereocenters. The number of carboxylic acids is 1. The van der Waals surface area contributed by atoms with Gasteiger partial charge in [-0.05, 0) is 31.0 Å². The number of hydrogen-bond donors (Lipinski definition) is 1. The monoisotopic (exact) mass is 279 g/mol. The lowest BCUT2D eigenvalue weighted by Crippen LogP contribution is -2.44. The minimum Gasteiger partial charge on any atom is -0.480 e. The molecule has 0 bridgehead atoms. The minimum atomic E-state index is -0.935. The number of carbonyl (C=O) groups excluding carboxylic acids is 1. The highest BCUT2D eigenvalue weighted by Crippen LogP contribution is 2.30. The Balaban J connectivity index is 2.23. The molecule has 0 spiro atoms. The second kappa shape index (κ2) is 5.65. The van der Waals surface area contributed by atoms with Crippen LogP contribution in [0.25, 0.3) is 0 Å². The fourth-order valence-corrected chi connectivity index (χ4v) is 3.34. The summed E-state index contributed by atoms with van der Waals surface area (Å²) in [6, 6.07) is 6.65. The van der Waals surface area contributed by atoms with Gasteiger partial charge in [0.1, 0.15) is 6.04 Å². The lowest BCUT2D eigenvalue weighted by molar-refractivity contribution is -0.141. The molecule has 1 aliphatic heterocycles. The smallest absolute Gasteiger partial charge is 0.327 e. The molecule has 102 valence electrons. The van der Waals surface area contributed by atoms with Crippen molar-refractivity contribution in [1.29, 1.82) is 0 Å². The Labute approximate surface area is 116 Å². The van der Waals surface area contributed by atoms with Crippen LogP contribution >= 0.6 is 11.8 Å². The van der Waals surface area contributed by atoms with E-state index in [9.17, 15) is 14.7 Å². The van der Waals surface area contributed by atoms with Crippen LogP contribution in [0, 0.1) is 0 Å². The molecule has 1 heterocycles. The third-order valence-corrected chi connectivity index (χ3v) is 4.57. The first-order valence-corrected chi connectivity index (χ1v) is 7.35. The number of hydrogen-bond acceptors (Lipinski definition) is 3. The molecular weight excluding hydrogens is 262 g/mol. The fourth-order valence-electron chi connectivity index (χ4n) is 2.17. The molecule has 0 aliphatic carbocycles. The van der Waals surface area contributed by atoms with Crippen LogP contribution in [0.3, 0.4) is 0 Å². The maximum atomic E-state index is 12.4. The second-order valence-electron chi connectivity index (χ2n) is 4.55. The van der Waals surface area contributed by atoms with E-state index in [1.54, 1.807) is 12.1 Å². The van der Waals surface area contributed by atoms with Gasteiger partial charge in [0.15, 0.2) is 0 Å². The van der Waals surface area contributed by atoms with Crippen LogP contribution in [-0.2, 0) is 11.2 Å². The summed E-state index contributed by atoms with van der Waals surface area (Å²) in [6.45, 7) is 3.92. The molecule has 0 radical (unpaired) electrons. The fraction of sp³-hybridized carbons (Fsp3) is 0.429. The van der Waals surface area contributed by atoms with Gasteiger partial charge < -0.3 is 10.0 Å². The van der Waals surface area contributed by atoms with Crippen molar-refractivity contribution in [2.75, 3.05) is 5.75 Å². The average Bonchev–Trinajstić information content (AvgIpc) is 2.80. The summed E-state index contributed by atoms with van der Waals surface area (Å²) in [4.78, 5) is 25.1. The summed E-state index contributed by atoms with van der Waals surface area (Å²) in [6.07, 6.45) is 0.919. The van der Waals surface area contributed by atoms with Gasteiger partial charge in [0.25, 0.3) is 5.91 Å². The van der Waals surface area contributed by atoms with Crippen molar-refractivity contribution in [3.63, 3.8) is 0 Å². The van der Waals surface area contributed by atoms with Crippen LogP contribution in [0.15, 0.2) is 24.3 Å². The van der Waals surface area contributed by atoms with Crippen LogP contribution in [0.5, 0.6) is 0 Å². The highest BCUT2D eigenvalue weighted by molar-refractivity contribution is 8.00. The number of amides is 1. The summed E-state index contributed by atoms with van der Waals surface area (Å²) in [5, 5.41) is 9.07. The number of aryl methyl sites for hydroxylation is 1.